The molecular formula is C16H29NO10. The van der Waals surface area contributed by atoms with Gasteiger partial charge in [0.2, 0.25) is 5.91 Å². The smallest absolute Gasteiger partial charge is 0.217 e. The van der Waals surface area contributed by atoms with Crippen LogP contribution in [0.25, 0.3) is 0 Å². The lowest BCUT2D eigenvalue weighted by molar-refractivity contribution is -0.289. The summed E-state index contributed by atoms with van der Waals surface area (Å²) in [5.41, 5.74) is 0. The third-order valence-electron chi connectivity index (χ3n) is 5.17. The molecule has 27 heavy (non-hydrogen) atoms. The third kappa shape index (κ3) is 4.75. The first kappa shape index (κ1) is 22.4. The van der Waals surface area contributed by atoms with Gasteiger partial charge in [-0.05, 0) is 6.42 Å². The summed E-state index contributed by atoms with van der Waals surface area (Å²) < 4.78 is 16.0. The van der Waals surface area contributed by atoms with Gasteiger partial charge in [-0.1, -0.05) is 0 Å². The molecule has 1 amide bonds. The van der Waals surface area contributed by atoms with Gasteiger partial charge < -0.3 is 50.2 Å². The SMILES string of the molecule is CO[C@@H]1O[C@H](CO)[C@@H](C[C@H]2O[C@H](CO)[C@H](O)[C@H](O)[C@H]2NC(C)=O)[C@H](O)[C@H]1O. The zero-order valence-corrected chi connectivity index (χ0v) is 15.2. The minimum atomic E-state index is -1.42. The van der Waals surface area contributed by atoms with E-state index in [-0.39, 0.29) is 6.42 Å². The Morgan fingerprint density at radius 2 is 1.56 bits per heavy atom. The summed E-state index contributed by atoms with van der Waals surface area (Å²) in [4.78, 5) is 11.5. The van der Waals surface area contributed by atoms with Crippen LogP contribution in [-0.2, 0) is 19.0 Å². The van der Waals surface area contributed by atoms with Crippen LogP contribution in [0, 0.1) is 5.92 Å². The van der Waals surface area contributed by atoms with Crippen molar-refractivity contribution >= 4 is 5.91 Å². The molecule has 0 aromatic carbocycles. The van der Waals surface area contributed by atoms with Crippen molar-refractivity contribution in [2.24, 2.45) is 5.92 Å². The number of carbonyl (C=O) groups excluding carboxylic acids is 1. The minimum absolute atomic E-state index is 0.0366. The number of amides is 1. The molecule has 2 aliphatic heterocycles. The van der Waals surface area contributed by atoms with E-state index < -0.39 is 80.1 Å². The van der Waals surface area contributed by atoms with Crippen LogP contribution in [0.3, 0.4) is 0 Å². The predicted octanol–water partition coefficient (Wildman–Crippen LogP) is -3.94. The number of hydrogen-bond acceptors (Lipinski definition) is 10. The van der Waals surface area contributed by atoms with Crippen molar-refractivity contribution in [3.05, 3.63) is 0 Å². The number of aliphatic hydroxyl groups excluding tert-OH is 6. The standard InChI is InChI=1S/C16H29NO10/c1-6(20)17-11-8(26-10(5-19)13(22)14(11)23)3-7-9(4-18)27-16(25-2)15(24)12(7)21/h7-16,18-19,21-24H,3-5H2,1-2H3,(H,17,20)/t7-,8-,9-,10-,11+,12+,13+,14-,15-,16-/m1/s1. The molecule has 2 rings (SSSR count). The van der Waals surface area contributed by atoms with Crippen LogP contribution in [0.1, 0.15) is 13.3 Å². The van der Waals surface area contributed by atoms with E-state index in [2.05, 4.69) is 5.32 Å². The Morgan fingerprint density at radius 3 is 2.07 bits per heavy atom. The molecule has 2 aliphatic rings. The highest BCUT2D eigenvalue weighted by Crippen LogP contribution is 2.34. The molecular weight excluding hydrogens is 366 g/mol. The second-order valence-electron chi connectivity index (χ2n) is 6.94. The molecule has 7 N–H and O–H groups in total. The maximum Gasteiger partial charge on any atom is 0.217 e. The number of hydrogen-bond donors (Lipinski definition) is 7. The van der Waals surface area contributed by atoms with Crippen molar-refractivity contribution in [3.63, 3.8) is 0 Å². The van der Waals surface area contributed by atoms with E-state index in [9.17, 15) is 35.4 Å². The van der Waals surface area contributed by atoms with Crippen LogP contribution in [-0.4, -0.2) is 112 Å². The van der Waals surface area contributed by atoms with Crippen molar-refractivity contribution in [3.8, 4) is 0 Å². The van der Waals surface area contributed by atoms with E-state index in [1.54, 1.807) is 0 Å². The fourth-order valence-corrected chi connectivity index (χ4v) is 3.73. The zero-order valence-electron chi connectivity index (χ0n) is 15.2. The first-order valence-electron chi connectivity index (χ1n) is 8.79. The van der Waals surface area contributed by atoms with Gasteiger partial charge in [0.25, 0.3) is 0 Å². The Balaban J connectivity index is 2.22. The molecule has 0 saturated carbocycles. The lowest BCUT2D eigenvalue weighted by atomic mass is 9.80. The number of ether oxygens (including phenoxy) is 3. The maximum atomic E-state index is 11.5. The molecule has 0 aliphatic carbocycles. The summed E-state index contributed by atoms with van der Waals surface area (Å²) in [6, 6.07) is -1.02. The van der Waals surface area contributed by atoms with Crippen molar-refractivity contribution in [1.82, 2.24) is 5.32 Å². The summed E-state index contributed by atoms with van der Waals surface area (Å²) in [7, 11) is 1.29. The molecule has 0 aromatic rings. The lowest BCUT2D eigenvalue weighted by Gasteiger charge is -2.47. The molecule has 11 heteroatoms. The van der Waals surface area contributed by atoms with Crippen molar-refractivity contribution in [2.75, 3.05) is 20.3 Å². The largest absolute Gasteiger partial charge is 0.394 e. The summed E-state index contributed by atoms with van der Waals surface area (Å²) in [6.45, 7) is 0.194. The Bertz CT molecular complexity index is 492. The highest BCUT2D eigenvalue weighted by Gasteiger charge is 2.50. The summed E-state index contributed by atoms with van der Waals surface area (Å²) in [5.74, 6) is -1.29. The molecule has 158 valence electrons. The molecule has 0 spiro atoms. The normalized spacial score (nSPS) is 45.5. The first-order valence-corrected chi connectivity index (χ1v) is 8.79. The van der Waals surface area contributed by atoms with E-state index in [0.29, 0.717) is 0 Å². The average Bonchev–Trinajstić information content (AvgIpc) is 2.64. The highest BCUT2D eigenvalue weighted by atomic mass is 16.7. The number of methoxy groups -OCH3 is 1. The van der Waals surface area contributed by atoms with Crippen LogP contribution < -0.4 is 5.32 Å². The van der Waals surface area contributed by atoms with Crippen LogP contribution in [0.4, 0.5) is 0 Å². The van der Waals surface area contributed by atoms with Gasteiger partial charge in [0.05, 0.1) is 37.6 Å². The number of nitrogens with one attached hydrogen (secondary N) is 1. The second-order valence-corrected chi connectivity index (χ2v) is 6.94. The van der Waals surface area contributed by atoms with Crippen LogP contribution >= 0.6 is 0 Å². The van der Waals surface area contributed by atoms with Crippen molar-refractivity contribution in [1.29, 1.82) is 0 Å². The van der Waals surface area contributed by atoms with E-state index in [0.717, 1.165) is 0 Å². The Labute approximate surface area is 156 Å². The number of rotatable bonds is 6. The summed E-state index contributed by atoms with van der Waals surface area (Å²) in [5, 5.41) is 62.4. The first-order chi connectivity index (χ1) is 12.7. The van der Waals surface area contributed by atoms with Gasteiger partial charge in [-0.15, -0.1) is 0 Å². The molecule has 2 fully saturated rings. The topological polar surface area (TPSA) is 178 Å². The molecule has 0 radical (unpaired) electrons. The highest BCUT2D eigenvalue weighted by molar-refractivity contribution is 5.73. The van der Waals surface area contributed by atoms with E-state index >= 15 is 0 Å². The Hall–Kier alpha value is -0.890. The predicted molar refractivity (Wildman–Crippen MR) is 88.2 cm³/mol. The number of carbonyl (C=O) groups is 1. The maximum absolute atomic E-state index is 11.5. The van der Waals surface area contributed by atoms with Crippen LogP contribution in [0.5, 0.6) is 0 Å². The molecule has 11 nitrogen and oxygen atoms in total. The van der Waals surface area contributed by atoms with Gasteiger partial charge in [0.15, 0.2) is 6.29 Å². The van der Waals surface area contributed by atoms with E-state index in [1.165, 1.54) is 14.0 Å². The van der Waals surface area contributed by atoms with E-state index in [4.69, 9.17) is 14.2 Å². The van der Waals surface area contributed by atoms with Gasteiger partial charge in [-0.2, -0.15) is 0 Å². The molecule has 10 atom stereocenters. The van der Waals surface area contributed by atoms with Crippen molar-refractivity contribution < 1.29 is 49.6 Å². The Morgan fingerprint density at radius 1 is 0.926 bits per heavy atom. The molecule has 0 bridgehead atoms. The fraction of sp³-hybridized carbons (Fsp3) is 0.938. The molecule has 2 saturated heterocycles. The second kappa shape index (κ2) is 9.54. The van der Waals surface area contributed by atoms with Gasteiger partial charge in [0, 0.05) is 20.0 Å². The van der Waals surface area contributed by atoms with E-state index in [1.807, 2.05) is 0 Å². The van der Waals surface area contributed by atoms with Gasteiger partial charge in [-0.25, -0.2) is 0 Å². The molecule has 0 unspecified atom stereocenters. The summed E-state index contributed by atoms with van der Waals surface area (Å²) >= 11 is 0. The monoisotopic (exact) mass is 395 g/mol. The fourth-order valence-electron chi connectivity index (χ4n) is 3.73. The van der Waals surface area contributed by atoms with Gasteiger partial charge >= 0.3 is 0 Å². The zero-order chi connectivity index (χ0) is 20.3. The summed E-state index contributed by atoms with van der Waals surface area (Å²) in [6.07, 6.45) is -9.63. The third-order valence-corrected chi connectivity index (χ3v) is 5.17. The lowest BCUT2D eigenvalue weighted by Crippen LogP contribution is -2.65. The Kier molecular flexibility index (Phi) is 7.92. The van der Waals surface area contributed by atoms with Crippen LogP contribution in [0.2, 0.25) is 0 Å². The molecule has 2 heterocycles. The quantitative estimate of drug-likeness (QED) is 0.235. The van der Waals surface area contributed by atoms with Crippen LogP contribution in [0.15, 0.2) is 0 Å². The number of aliphatic hydroxyl groups is 6. The van der Waals surface area contributed by atoms with Gasteiger partial charge in [-0.3, -0.25) is 4.79 Å². The minimum Gasteiger partial charge on any atom is -0.394 e. The molecule has 0 aromatic heterocycles. The van der Waals surface area contributed by atoms with Gasteiger partial charge in [0.1, 0.15) is 24.4 Å². The average molecular weight is 395 g/mol. The van der Waals surface area contributed by atoms with Crippen molar-refractivity contribution in [2.45, 2.75) is 68.4 Å².